The summed E-state index contributed by atoms with van der Waals surface area (Å²) >= 11 is 0. The van der Waals surface area contributed by atoms with Gasteiger partial charge in [0.05, 0.1) is 21.3 Å². The lowest BCUT2D eigenvalue weighted by atomic mass is 10.0. The lowest BCUT2D eigenvalue weighted by Crippen LogP contribution is -2.16. The maximum atomic E-state index is 6.26. The zero-order valence-electron chi connectivity index (χ0n) is 12.7. The SMILES string of the molecule is COc1cc(C(N)Cc2ncnn2C)cc(OC)c1OC. The minimum Gasteiger partial charge on any atom is -0.493 e. The van der Waals surface area contributed by atoms with Crippen LogP contribution in [-0.2, 0) is 13.5 Å². The Hall–Kier alpha value is -2.28. The normalized spacial score (nSPS) is 12.0. The first-order chi connectivity index (χ1) is 10.1. The van der Waals surface area contributed by atoms with E-state index in [2.05, 4.69) is 10.1 Å². The molecule has 7 nitrogen and oxygen atoms in total. The summed E-state index contributed by atoms with van der Waals surface area (Å²) in [5.74, 6) is 2.53. The Morgan fingerprint density at radius 1 is 1.14 bits per heavy atom. The summed E-state index contributed by atoms with van der Waals surface area (Å²) in [5.41, 5.74) is 7.14. The van der Waals surface area contributed by atoms with E-state index in [1.807, 2.05) is 19.2 Å². The maximum Gasteiger partial charge on any atom is 0.203 e. The predicted molar refractivity (Wildman–Crippen MR) is 77.7 cm³/mol. The van der Waals surface area contributed by atoms with E-state index in [0.29, 0.717) is 23.7 Å². The van der Waals surface area contributed by atoms with Gasteiger partial charge in [-0.05, 0) is 17.7 Å². The van der Waals surface area contributed by atoms with Crippen molar-refractivity contribution in [3.8, 4) is 17.2 Å². The molecule has 0 bridgehead atoms. The molecule has 2 N–H and O–H groups in total. The third kappa shape index (κ3) is 3.08. The van der Waals surface area contributed by atoms with Crippen LogP contribution < -0.4 is 19.9 Å². The molecule has 0 aliphatic carbocycles. The largest absolute Gasteiger partial charge is 0.493 e. The van der Waals surface area contributed by atoms with Crippen LogP contribution in [0.5, 0.6) is 17.2 Å². The van der Waals surface area contributed by atoms with Crippen LogP contribution in [0.3, 0.4) is 0 Å². The number of benzene rings is 1. The average molecular weight is 292 g/mol. The Morgan fingerprint density at radius 3 is 2.19 bits per heavy atom. The molecule has 21 heavy (non-hydrogen) atoms. The average Bonchev–Trinajstić information content (AvgIpc) is 2.90. The van der Waals surface area contributed by atoms with E-state index >= 15 is 0 Å². The number of hydrogen-bond donors (Lipinski definition) is 1. The smallest absolute Gasteiger partial charge is 0.203 e. The minimum absolute atomic E-state index is 0.249. The van der Waals surface area contributed by atoms with Crippen LogP contribution in [0.4, 0.5) is 0 Å². The van der Waals surface area contributed by atoms with Gasteiger partial charge in [0.25, 0.3) is 0 Å². The van der Waals surface area contributed by atoms with E-state index < -0.39 is 0 Å². The Labute approximate surface area is 123 Å². The summed E-state index contributed by atoms with van der Waals surface area (Å²) in [6.07, 6.45) is 2.08. The van der Waals surface area contributed by atoms with Crippen molar-refractivity contribution < 1.29 is 14.2 Å². The molecular formula is C14H20N4O3. The molecule has 0 spiro atoms. The number of aromatic nitrogens is 3. The van der Waals surface area contributed by atoms with Crippen molar-refractivity contribution in [1.82, 2.24) is 14.8 Å². The monoisotopic (exact) mass is 292 g/mol. The third-order valence-corrected chi connectivity index (χ3v) is 3.32. The van der Waals surface area contributed by atoms with E-state index in [-0.39, 0.29) is 6.04 Å². The number of rotatable bonds is 6. The van der Waals surface area contributed by atoms with Crippen LogP contribution in [0.1, 0.15) is 17.4 Å². The zero-order valence-corrected chi connectivity index (χ0v) is 12.7. The highest BCUT2D eigenvalue weighted by atomic mass is 16.5. The molecule has 0 fully saturated rings. The highest BCUT2D eigenvalue weighted by Gasteiger charge is 2.18. The topological polar surface area (TPSA) is 84.4 Å². The van der Waals surface area contributed by atoms with Crippen LogP contribution in [0.25, 0.3) is 0 Å². The molecule has 114 valence electrons. The summed E-state index contributed by atoms with van der Waals surface area (Å²) in [6.45, 7) is 0. The number of nitrogens with two attached hydrogens (primary N) is 1. The molecule has 1 unspecified atom stereocenters. The van der Waals surface area contributed by atoms with Crippen molar-refractivity contribution in [1.29, 1.82) is 0 Å². The van der Waals surface area contributed by atoms with E-state index in [1.54, 1.807) is 26.0 Å². The van der Waals surface area contributed by atoms with Gasteiger partial charge in [-0.15, -0.1) is 0 Å². The summed E-state index contributed by atoms with van der Waals surface area (Å²) in [6, 6.07) is 3.45. The molecule has 1 aromatic carbocycles. The van der Waals surface area contributed by atoms with Gasteiger partial charge in [-0.25, -0.2) is 4.98 Å². The standard InChI is InChI=1S/C14H20N4O3/c1-18-13(16-8-17-18)7-10(15)9-5-11(19-2)14(21-4)12(6-9)20-3/h5-6,8,10H,7,15H2,1-4H3. The first-order valence-electron chi connectivity index (χ1n) is 6.49. The number of methoxy groups -OCH3 is 3. The van der Waals surface area contributed by atoms with Crippen molar-refractivity contribution in [3.63, 3.8) is 0 Å². The second-order valence-electron chi connectivity index (χ2n) is 4.57. The van der Waals surface area contributed by atoms with Gasteiger partial charge in [0.2, 0.25) is 5.75 Å². The number of aryl methyl sites for hydroxylation is 1. The minimum atomic E-state index is -0.249. The van der Waals surface area contributed by atoms with E-state index in [0.717, 1.165) is 11.4 Å². The molecule has 1 heterocycles. The molecule has 0 aliphatic rings. The van der Waals surface area contributed by atoms with Gasteiger partial charge in [-0.2, -0.15) is 5.10 Å². The van der Waals surface area contributed by atoms with Gasteiger partial charge in [0.1, 0.15) is 12.2 Å². The summed E-state index contributed by atoms with van der Waals surface area (Å²) in [4.78, 5) is 4.18. The molecular weight excluding hydrogens is 272 g/mol. The molecule has 0 radical (unpaired) electrons. The quantitative estimate of drug-likeness (QED) is 0.857. The fourth-order valence-electron chi connectivity index (χ4n) is 2.13. The first-order valence-corrected chi connectivity index (χ1v) is 6.49. The number of ether oxygens (including phenoxy) is 3. The third-order valence-electron chi connectivity index (χ3n) is 3.32. The molecule has 2 aromatic rings. The van der Waals surface area contributed by atoms with Crippen molar-refractivity contribution in [2.75, 3.05) is 21.3 Å². The Balaban J connectivity index is 2.32. The van der Waals surface area contributed by atoms with Gasteiger partial charge in [0.15, 0.2) is 11.5 Å². The van der Waals surface area contributed by atoms with Crippen molar-refractivity contribution >= 4 is 0 Å². The molecule has 0 saturated heterocycles. The molecule has 2 rings (SSSR count). The van der Waals surface area contributed by atoms with Crippen LogP contribution in [0, 0.1) is 0 Å². The highest BCUT2D eigenvalue weighted by molar-refractivity contribution is 5.54. The summed E-state index contributed by atoms with van der Waals surface area (Å²) < 4.78 is 17.7. The van der Waals surface area contributed by atoms with Crippen molar-refractivity contribution in [3.05, 3.63) is 29.8 Å². The van der Waals surface area contributed by atoms with E-state index in [1.165, 1.54) is 6.33 Å². The van der Waals surface area contributed by atoms with Gasteiger partial charge in [0, 0.05) is 19.5 Å². The predicted octanol–water partition coefficient (Wildman–Crippen LogP) is 1.08. The zero-order chi connectivity index (χ0) is 15.4. The molecule has 0 amide bonds. The number of nitrogens with zero attached hydrogens (tertiary/aromatic N) is 3. The van der Waals surface area contributed by atoms with Crippen LogP contribution in [-0.4, -0.2) is 36.1 Å². The van der Waals surface area contributed by atoms with Gasteiger partial charge >= 0.3 is 0 Å². The molecule has 1 aromatic heterocycles. The van der Waals surface area contributed by atoms with Crippen LogP contribution in [0.15, 0.2) is 18.5 Å². The maximum absolute atomic E-state index is 6.26. The lowest BCUT2D eigenvalue weighted by Gasteiger charge is -2.17. The fourth-order valence-corrected chi connectivity index (χ4v) is 2.13. The fraction of sp³-hybridized carbons (Fsp3) is 0.429. The lowest BCUT2D eigenvalue weighted by molar-refractivity contribution is 0.323. The Bertz CT molecular complexity index is 587. The summed E-state index contributed by atoms with van der Waals surface area (Å²) in [7, 11) is 6.56. The second-order valence-corrected chi connectivity index (χ2v) is 4.57. The van der Waals surface area contributed by atoms with E-state index in [4.69, 9.17) is 19.9 Å². The molecule has 0 aliphatic heterocycles. The molecule has 7 heteroatoms. The number of hydrogen-bond acceptors (Lipinski definition) is 6. The van der Waals surface area contributed by atoms with Crippen LogP contribution in [0.2, 0.25) is 0 Å². The van der Waals surface area contributed by atoms with E-state index in [9.17, 15) is 0 Å². The first kappa shape index (κ1) is 15.1. The van der Waals surface area contributed by atoms with Crippen molar-refractivity contribution in [2.45, 2.75) is 12.5 Å². The van der Waals surface area contributed by atoms with Gasteiger partial charge < -0.3 is 19.9 Å². The van der Waals surface area contributed by atoms with Crippen LogP contribution >= 0.6 is 0 Å². The highest BCUT2D eigenvalue weighted by Crippen LogP contribution is 2.39. The second kappa shape index (κ2) is 6.45. The molecule has 1 atom stereocenters. The van der Waals surface area contributed by atoms with Gasteiger partial charge in [-0.1, -0.05) is 0 Å². The Kier molecular flexibility index (Phi) is 4.64. The summed E-state index contributed by atoms with van der Waals surface area (Å²) in [5, 5.41) is 4.04. The Morgan fingerprint density at radius 2 is 1.76 bits per heavy atom. The molecule has 0 saturated carbocycles. The van der Waals surface area contributed by atoms with Crippen molar-refractivity contribution in [2.24, 2.45) is 12.8 Å². The van der Waals surface area contributed by atoms with Gasteiger partial charge in [-0.3, -0.25) is 4.68 Å².